The number of aryl methyl sites for hydroxylation is 1. The van der Waals surface area contributed by atoms with Crippen molar-refractivity contribution in [1.29, 1.82) is 0 Å². The van der Waals surface area contributed by atoms with Crippen molar-refractivity contribution in [3.63, 3.8) is 0 Å². The molecule has 168 valence electrons. The molecule has 4 rings (SSSR count). The van der Waals surface area contributed by atoms with Gasteiger partial charge in [-0.1, -0.05) is 30.3 Å². The molecule has 1 atom stereocenters. The minimum Gasteiger partial charge on any atom is -0.374 e. The molecule has 0 radical (unpaired) electrons. The van der Waals surface area contributed by atoms with Crippen molar-refractivity contribution in [2.45, 2.75) is 26.0 Å². The molecule has 2 aromatic carbocycles. The molecular weight excluding hydrogens is 416 g/mol. The van der Waals surface area contributed by atoms with Crippen molar-refractivity contribution in [2.75, 3.05) is 26.2 Å². The van der Waals surface area contributed by atoms with Crippen LogP contribution in [0.2, 0.25) is 0 Å². The van der Waals surface area contributed by atoms with Gasteiger partial charge in [0.2, 0.25) is 5.91 Å². The maximum atomic E-state index is 13.4. The Morgan fingerprint density at radius 3 is 2.69 bits per heavy atom. The third kappa shape index (κ3) is 5.74. The summed E-state index contributed by atoms with van der Waals surface area (Å²) in [6, 6.07) is 11.5. The standard InChI is InChI=1S/C23H25F2N5O2/c1-15-27-23(29-28-15)18-5-2-16(3-6-18)11-22(31)26-12-19-14-30(8-9-32-19)13-17-4-7-20(24)21(25)10-17/h2-7,10,19H,8-9,11-14H2,1H3,(H,26,31)(H,27,28,29)/t19-/m0/s1. The molecule has 32 heavy (non-hydrogen) atoms. The first-order valence-electron chi connectivity index (χ1n) is 10.5. The number of ether oxygens (including phenoxy) is 1. The molecule has 0 aliphatic carbocycles. The number of aromatic nitrogens is 3. The number of nitrogens with zero attached hydrogens (tertiary/aromatic N) is 3. The highest BCUT2D eigenvalue weighted by Crippen LogP contribution is 2.16. The smallest absolute Gasteiger partial charge is 0.224 e. The molecule has 1 aromatic heterocycles. The Balaban J connectivity index is 1.24. The fourth-order valence-electron chi connectivity index (χ4n) is 3.66. The van der Waals surface area contributed by atoms with E-state index >= 15 is 0 Å². The van der Waals surface area contributed by atoms with Gasteiger partial charge in [-0.3, -0.25) is 14.8 Å². The number of hydrogen-bond donors (Lipinski definition) is 2. The number of benzene rings is 2. The summed E-state index contributed by atoms with van der Waals surface area (Å²) in [5.41, 5.74) is 2.48. The molecule has 2 heterocycles. The highest BCUT2D eigenvalue weighted by Gasteiger charge is 2.21. The Kier molecular flexibility index (Phi) is 6.87. The third-order valence-electron chi connectivity index (χ3n) is 5.31. The van der Waals surface area contributed by atoms with E-state index in [0.29, 0.717) is 44.2 Å². The van der Waals surface area contributed by atoms with Gasteiger partial charge < -0.3 is 10.1 Å². The molecule has 0 spiro atoms. The van der Waals surface area contributed by atoms with Crippen LogP contribution in [0.5, 0.6) is 0 Å². The molecular formula is C23H25F2N5O2. The largest absolute Gasteiger partial charge is 0.374 e. The zero-order valence-corrected chi connectivity index (χ0v) is 17.8. The van der Waals surface area contributed by atoms with E-state index in [-0.39, 0.29) is 18.4 Å². The van der Waals surface area contributed by atoms with Gasteiger partial charge in [0.25, 0.3) is 0 Å². The zero-order valence-electron chi connectivity index (χ0n) is 17.8. The van der Waals surface area contributed by atoms with Crippen LogP contribution in [-0.4, -0.2) is 58.3 Å². The van der Waals surface area contributed by atoms with Gasteiger partial charge in [0.1, 0.15) is 5.82 Å². The van der Waals surface area contributed by atoms with Crippen LogP contribution in [0.25, 0.3) is 11.4 Å². The van der Waals surface area contributed by atoms with E-state index in [4.69, 9.17) is 4.74 Å². The maximum absolute atomic E-state index is 13.4. The predicted octanol–water partition coefficient (Wildman–Crippen LogP) is 2.62. The summed E-state index contributed by atoms with van der Waals surface area (Å²) in [7, 11) is 0. The van der Waals surface area contributed by atoms with Crippen molar-refractivity contribution >= 4 is 5.91 Å². The van der Waals surface area contributed by atoms with Crippen molar-refractivity contribution < 1.29 is 18.3 Å². The number of morpholine rings is 1. The zero-order chi connectivity index (χ0) is 22.5. The quantitative estimate of drug-likeness (QED) is 0.589. The molecule has 1 saturated heterocycles. The fraction of sp³-hybridized carbons (Fsp3) is 0.348. The molecule has 3 aromatic rings. The van der Waals surface area contributed by atoms with E-state index < -0.39 is 11.6 Å². The van der Waals surface area contributed by atoms with Crippen LogP contribution in [0.1, 0.15) is 17.0 Å². The molecule has 1 amide bonds. The van der Waals surface area contributed by atoms with Crippen molar-refractivity contribution in [2.24, 2.45) is 0 Å². The summed E-state index contributed by atoms with van der Waals surface area (Å²) >= 11 is 0. The lowest BCUT2D eigenvalue weighted by Crippen LogP contribution is -2.47. The first kappa shape index (κ1) is 22.0. The minimum atomic E-state index is -0.848. The Bertz CT molecular complexity index is 1070. The second-order valence-corrected chi connectivity index (χ2v) is 7.90. The lowest BCUT2D eigenvalue weighted by Gasteiger charge is -2.33. The Morgan fingerprint density at radius 2 is 1.97 bits per heavy atom. The van der Waals surface area contributed by atoms with Gasteiger partial charge in [-0.15, -0.1) is 0 Å². The monoisotopic (exact) mass is 441 g/mol. The molecule has 7 nitrogen and oxygen atoms in total. The molecule has 2 N–H and O–H groups in total. The van der Waals surface area contributed by atoms with Gasteiger partial charge in [0.15, 0.2) is 17.5 Å². The van der Waals surface area contributed by atoms with Gasteiger partial charge in [-0.25, -0.2) is 13.8 Å². The lowest BCUT2D eigenvalue weighted by molar-refractivity contribution is -0.121. The fourth-order valence-corrected chi connectivity index (χ4v) is 3.66. The highest BCUT2D eigenvalue weighted by molar-refractivity contribution is 5.78. The maximum Gasteiger partial charge on any atom is 0.224 e. The van der Waals surface area contributed by atoms with Crippen LogP contribution >= 0.6 is 0 Å². The van der Waals surface area contributed by atoms with Crippen molar-refractivity contribution in [3.05, 3.63) is 71.1 Å². The van der Waals surface area contributed by atoms with Crippen molar-refractivity contribution in [3.8, 4) is 11.4 Å². The van der Waals surface area contributed by atoms with E-state index in [1.807, 2.05) is 31.2 Å². The first-order chi connectivity index (χ1) is 15.5. The van der Waals surface area contributed by atoms with Crippen LogP contribution in [0.3, 0.4) is 0 Å². The number of aromatic amines is 1. The summed E-state index contributed by atoms with van der Waals surface area (Å²) < 4.78 is 32.3. The molecule has 1 aliphatic heterocycles. The number of carbonyl (C=O) groups excluding carboxylic acids is 1. The van der Waals surface area contributed by atoms with E-state index in [1.54, 1.807) is 6.07 Å². The summed E-state index contributed by atoms with van der Waals surface area (Å²) in [5.74, 6) is -0.410. The van der Waals surface area contributed by atoms with Crippen LogP contribution in [0.4, 0.5) is 8.78 Å². The van der Waals surface area contributed by atoms with Crippen LogP contribution in [0.15, 0.2) is 42.5 Å². The number of amides is 1. The summed E-state index contributed by atoms with van der Waals surface area (Å²) in [6.07, 6.45) is 0.104. The number of rotatable bonds is 7. The Morgan fingerprint density at radius 1 is 1.19 bits per heavy atom. The van der Waals surface area contributed by atoms with Gasteiger partial charge in [-0.05, 0) is 30.2 Å². The number of nitrogens with one attached hydrogen (secondary N) is 2. The number of hydrogen-bond acceptors (Lipinski definition) is 5. The molecule has 1 aliphatic rings. The average Bonchev–Trinajstić information content (AvgIpc) is 3.22. The van der Waals surface area contributed by atoms with Gasteiger partial charge in [0.05, 0.1) is 19.1 Å². The Hall–Kier alpha value is -3.17. The number of carbonyl (C=O) groups is 1. The highest BCUT2D eigenvalue weighted by atomic mass is 19.2. The normalized spacial score (nSPS) is 16.8. The average molecular weight is 441 g/mol. The van der Waals surface area contributed by atoms with E-state index in [2.05, 4.69) is 25.4 Å². The molecule has 0 saturated carbocycles. The molecule has 9 heteroatoms. The van der Waals surface area contributed by atoms with E-state index in [1.165, 1.54) is 6.07 Å². The SMILES string of the molecule is Cc1nc(-c2ccc(CC(=O)NC[C@H]3CN(Cc4ccc(F)c(F)c4)CCO3)cc2)n[nH]1. The van der Waals surface area contributed by atoms with Gasteiger partial charge in [0, 0.05) is 31.7 Å². The van der Waals surface area contributed by atoms with Crippen LogP contribution < -0.4 is 5.32 Å². The first-order valence-corrected chi connectivity index (χ1v) is 10.5. The third-order valence-corrected chi connectivity index (χ3v) is 5.31. The second kappa shape index (κ2) is 9.97. The lowest BCUT2D eigenvalue weighted by atomic mass is 10.1. The Labute approximate surface area is 184 Å². The summed E-state index contributed by atoms with van der Waals surface area (Å²) in [6.45, 7) is 4.55. The van der Waals surface area contributed by atoms with Gasteiger partial charge >= 0.3 is 0 Å². The molecule has 0 bridgehead atoms. The topological polar surface area (TPSA) is 83.1 Å². The number of halogens is 2. The number of H-pyrrole nitrogens is 1. The van der Waals surface area contributed by atoms with Crippen LogP contribution in [0, 0.1) is 18.6 Å². The van der Waals surface area contributed by atoms with Gasteiger partial charge in [-0.2, -0.15) is 5.10 Å². The molecule has 0 unspecified atom stereocenters. The van der Waals surface area contributed by atoms with E-state index in [0.717, 1.165) is 23.0 Å². The summed E-state index contributed by atoms with van der Waals surface area (Å²) in [4.78, 5) is 18.8. The predicted molar refractivity (Wildman–Crippen MR) is 115 cm³/mol. The molecule has 1 fully saturated rings. The minimum absolute atomic E-state index is 0.0900. The van der Waals surface area contributed by atoms with Crippen molar-refractivity contribution in [1.82, 2.24) is 25.4 Å². The van der Waals surface area contributed by atoms with Crippen LogP contribution in [-0.2, 0) is 22.5 Å². The van der Waals surface area contributed by atoms with E-state index in [9.17, 15) is 13.6 Å². The second-order valence-electron chi connectivity index (χ2n) is 7.90. The summed E-state index contributed by atoms with van der Waals surface area (Å²) in [5, 5.41) is 9.86.